The lowest BCUT2D eigenvalue weighted by molar-refractivity contribution is -0.121. The third-order valence-corrected chi connectivity index (χ3v) is 4.27. The molecule has 0 aliphatic heterocycles. The first-order valence-electron chi connectivity index (χ1n) is 9.70. The Morgan fingerprint density at radius 3 is 1.64 bits per heavy atom. The minimum Gasteiger partial charge on any atom is -0.352 e. The van der Waals surface area contributed by atoms with E-state index < -0.39 is 0 Å². The smallest absolute Gasteiger partial charge is 0.220 e. The summed E-state index contributed by atoms with van der Waals surface area (Å²) in [6.45, 7) is 4.74. The highest BCUT2D eigenvalue weighted by Crippen LogP contribution is 2.12. The van der Waals surface area contributed by atoms with Gasteiger partial charge in [-0.05, 0) is 13.3 Å². The van der Waals surface area contributed by atoms with E-state index >= 15 is 0 Å². The van der Waals surface area contributed by atoms with Crippen molar-refractivity contribution in [2.24, 2.45) is 5.73 Å². The quantitative estimate of drug-likeness (QED) is 0.397. The summed E-state index contributed by atoms with van der Waals surface area (Å²) in [4.78, 5) is 11.5. The van der Waals surface area contributed by atoms with E-state index in [2.05, 4.69) is 12.2 Å². The SMILES string of the molecule is CCCCCCCCCCCCCCCC(=O)NC(C)CN. The average Bonchev–Trinajstić information content (AvgIpc) is 2.51. The van der Waals surface area contributed by atoms with Gasteiger partial charge in [0.2, 0.25) is 5.91 Å². The van der Waals surface area contributed by atoms with Crippen molar-refractivity contribution in [2.75, 3.05) is 6.54 Å². The molecule has 1 atom stereocenters. The normalized spacial score (nSPS) is 12.3. The molecule has 1 amide bonds. The molecule has 132 valence electrons. The first kappa shape index (κ1) is 21.4. The van der Waals surface area contributed by atoms with Crippen molar-refractivity contribution in [3.63, 3.8) is 0 Å². The summed E-state index contributed by atoms with van der Waals surface area (Å²) < 4.78 is 0. The maximum atomic E-state index is 11.5. The van der Waals surface area contributed by atoms with Gasteiger partial charge in [-0.2, -0.15) is 0 Å². The van der Waals surface area contributed by atoms with Crippen LogP contribution in [-0.2, 0) is 4.79 Å². The lowest BCUT2D eigenvalue weighted by atomic mass is 10.0. The van der Waals surface area contributed by atoms with Crippen LogP contribution in [0.5, 0.6) is 0 Å². The summed E-state index contributed by atoms with van der Waals surface area (Å²) in [5.74, 6) is 0.154. The molecule has 0 bridgehead atoms. The molecule has 3 nitrogen and oxygen atoms in total. The van der Waals surface area contributed by atoms with Gasteiger partial charge in [-0.15, -0.1) is 0 Å². The molecule has 0 fully saturated rings. The van der Waals surface area contributed by atoms with Crippen LogP contribution in [0.4, 0.5) is 0 Å². The Labute approximate surface area is 138 Å². The third kappa shape index (κ3) is 15.8. The first-order valence-corrected chi connectivity index (χ1v) is 9.70. The van der Waals surface area contributed by atoms with Crippen molar-refractivity contribution in [2.45, 2.75) is 110 Å². The van der Waals surface area contributed by atoms with Crippen molar-refractivity contribution in [3.8, 4) is 0 Å². The van der Waals surface area contributed by atoms with Gasteiger partial charge in [0.1, 0.15) is 0 Å². The van der Waals surface area contributed by atoms with Crippen LogP contribution in [0.15, 0.2) is 0 Å². The molecule has 0 aromatic rings. The highest BCUT2D eigenvalue weighted by Gasteiger charge is 2.04. The fourth-order valence-corrected chi connectivity index (χ4v) is 2.71. The molecule has 0 aliphatic rings. The second kappa shape index (κ2) is 16.8. The summed E-state index contributed by atoms with van der Waals surface area (Å²) in [7, 11) is 0. The Morgan fingerprint density at radius 1 is 0.818 bits per heavy atom. The standard InChI is InChI=1S/C19H40N2O/c1-3-4-5-6-7-8-9-10-11-12-13-14-15-16-19(22)21-18(2)17-20/h18H,3-17,20H2,1-2H3,(H,21,22). The molecule has 3 N–H and O–H groups in total. The minimum absolute atomic E-state index is 0.106. The van der Waals surface area contributed by atoms with Gasteiger partial charge in [0.25, 0.3) is 0 Å². The lowest BCUT2D eigenvalue weighted by Crippen LogP contribution is -2.37. The topological polar surface area (TPSA) is 55.1 Å². The number of carbonyl (C=O) groups excluding carboxylic acids is 1. The third-order valence-electron chi connectivity index (χ3n) is 4.27. The van der Waals surface area contributed by atoms with E-state index in [0.717, 1.165) is 6.42 Å². The Bertz CT molecular complexity index is 244. The minimum atomic E-state index is 0.106. The van der Waals surface area contributed by atoms with Gasteiger partial charge in [0, 0.05) is 19.0 Å². The maximum Gasteiger partial charge on any atom is 0.220 e. The van der Waals surface area contributed by atoms with E-state index in [4.69, 9.17) is 5.73 Å². The van der Waals surface area contributed by atoms with Crippen LogP contribution in [-0.4, -0.2) is 18.5 Å². The van der Waals surface area contributed by atoms with Crippen molar-refractivity contribution in [3.05, 3.63) is 0 Å². The molecular weight excluding hydrogens is 272 g/mol. The largest absolute Gasteiger partial charge is 0.352 e. The molecule has 0 rings (SSSR count). The van der Waals surface area contributed by atoms with Crippen molar-refractivity contribution in [1.29, 1.82) is 0 Å². The zero-order valence-corrected chi connectivity index (χ0v) is 15.2. The maximum absolute atomic E-state index is 11.5. The van der Waals surface area contributed by atoms with Crippen LogP contribution >= 0.6 is 0 Å². The zero-order valence-electron chi connectivity index (χ0n) is 15.2. The number of nitrogens with two attached hydrogens (primary N) is 1. The van der Waals surface area contributed by atoms with Crippen LogP contribution in [0.3, 0.4) is 0 Å². The molecule has 0 aromatic carbocycles. The molecule has 0 saturated carbocycles. The Kier molecular flexibility index (Phi) is 16.4. The van der Waals surface area contributed by atoms with Crippen LogP contribution in [0.25, 0.3) is 0 Å². The van der Waals surface area contributed by atoms with E-state index in [-0.39, 0.29) is 11.9 Å². The number of hydrogen-bond acceptors (Lipinski definition) is 2. The van der Waals surface area contributed by atoms with Crippen LogP contribution in [0.1, 0.15) is 104 Å². The summed E-state index contributed by atoms with van der Waals surface area (Å²) in [5, 5.41) is 2.91. The number of hydrogen-bond donors (Lipinski definition) is 2. The molecule has 0 heterocycles. The molecule has 0 aliphatic carbocycles. The monoisotopic (exact) mass is 312 g/mol. The average molecular weight is 313 g/mol. The second-order valence-electron chi connectivity index (χ2n) is 6.70. The Hall–Kier alpha value is -0.570. The molecule has 22 heavy (non-hydrogen) atoms. The van der Waals surface area contributed by atoms with E-state index in [1.165, 1.54) is 77.0 Å². The van der Waals surface area contributed by atoms with E-state index in [0.29, 0.717) is 13.0 Å². The number of rotatable bonds is 16. The Morgan fingerprint density at radius 2 is 1.23 bits per heavy atom. The molecule has 0 saturated heterocycles. The molecule has 0 radical (unpaired) electrons. The number of carbonyl (C=O) groups is 1. The number of nitrogens with one attached hydrogen (secondary N) is 1. The zero-order chi connectivity index (χ0) is 16.5. The van der Waals surface area contributed by atoms with E-state index in [9.17, 15) is 4.79 Å². The van der Waals surface area contributed by atoms with E-state index in [1.807, 2.05) is 6.92 Å². The molecule has 0 aromatic heterocycles. The number of amides is 1. The molecule has 0 spiro atoms. The van der Waals surface area contributed by atoms with Crippen molar-refractivity contribution in [1.82, 2.24) is 5.32 Å². The van der Waals surface area contributed by atoms with Gasteiger partial charge in [0.05, 0.1) is 0 Å². The lowest BCUT2D eigenvalue weighted by Gasteiger charge is -2.10. The van der Waals surface area contributed by atoms with Crippen molar-refractivity contribution < 1.29 is 4.79 Å². The molecular formula is C19H40N2O. The van der Waals surface area contributed by atoms with Crippen molar-refractivity contribution >= 4 is 5.91 Å². The second-order valence-corrected chi connectivity index (χ2v) is 6.70. The number of unbranched alkanes of at least 4 members (excludes halogenated alkanes) is 12. The first-order chi connectivity index (χ1) is 10.7. The summed E-state index contributed by atoms with van der Waals surface area (Å²) in [6, 6.07) is 0.106. The van der Waals surface area contributed by atoms with Gasteiger partial charge < -0.3 is 11.1 Å². The molecule has 1 unspecified atom stereocenters. The van der Waals surface area contributed by atoms with Gasteiger partial charge in [-0.1, -0.05) is 84.0 Å². The molecule has 3 heteroatoms. The predicted molar refractivity (Wildman–Crippen MR) is 97.0 cm³/mol. The fourth-order valence-electron chi connectivity index (χ4n) is 2.71. The fraction of sp³-hybridized carbons (Fsp3) is 0.947. The van der Waals surface area contributed by atoms with Gasteiger partial charge in [-0.25, -0.2) is 0 Å². The van der Waals surface area contributed by atoms with Crippen LogP contribution in [0, 0.1) is 0 Å². The van der Waals surface area contributed by atoms with Crippen LogP contribution in [0.2, 0.25) is 0 Å². The van der Waals surface area contributed by atoms with E-state index in [1.54, 1.807) is 0 Å². The highest BCUT2D eigenvalue weighted by molar-refractivity contribution is 5.76. The van der Waals surface area contributed by atoms with Gasteiger partial charge >= 0.3 is 0 Å². The van der Waals surface area contributed by atoms with Gasteiger partial charge in [-0.3, -0.25) is 4.79 Å². The summed E-state index contributed by atoms with van der Waals surface area (Å²) >= 11 is 0. The Balaban J connectivity index is 3.12. The predicted octanol–water partition coefficient (Wildman–Crippen LogP) is 4.93. The summed E-state index contributed by atoms with van der Waals surface area (Å²) in [6.07, 6.45) is 18.1. The summed E-state index contributed by atoms with van der Waals surface area (Å²) in [5.41, 5.74) is 5.48. The van der Waals surface area contributed by atoms with Crippen LogP contribution < -0.4 is 11.1 Å². The highest BCUT2D eigenvalue weighted by atomic mass is 16.1. The van der Waals surface area contributed by atoms with Gasteiger partial charge in [0.15, 0.2) is 0 Å².